The summed E-state index contributed by atoms with van der Waals surface area (Å²) in [6.45, 7) is 0. The van der Waals surface area contributed by atoms with E-state index in [9.17, 15) is 4.79 Å². The summed E-state index contributed by atoms with van der Waals surface area (Å²) in [4.78, 5) is 12.2. The number of benzene rings is 2. The monoisotopic (exact) mass is 303 g/mol. The molecule has 0 fully saturated rings. The number of nitrogens with one attached hydrogen (secondary N) is 1. The van der Waals surface area contributed by atoms with Crippen molar-refractivity contribution in [2.75, 3.05) is 5.43 Å². The highest BCUT2D eigenvalue weighted by Crippen LogP contribution is 2.13. The molecule has 6 nitrogen and oxygen atoms in total. The summed E-state index contributed by atoms with van der Waals surface area (Å²) in [5.74, 6) is 0. The second-order valence-corrected chi connectivity index (χ2v) is 5.07. The topological polar surface area (TPSA) is 64.7 Å². The van der Waals surface area contributed by atoms with Crippen LogP contribution in [0, 0.1) is 0 Å². The number of nitrogens with zero attached hydrogens (tertiary/aromatic N) is 4. The molecule has 23 heavy (non-hydrogen) atoms. The lowest BCUT2D eigenvalue weighted by molar-refractivity contribution is 0.800. The zero-order valence-electron chi connectivity index (χ0n) is 12.1. The van der Waals surface area contributed by atoms with E-state index in [2.05, 4.69) is 15.7 Å². The zero-order valence-corrected chi connectivity index (χ0v) is 12.1. The molecule has 1 N–H and O–H groups in total. The van der Waals surface area contributed by atoms with Gasteiger partial charge in [0.25, 0.3) is 0 Å². The molecular formula is C17H13N5O. The van der Waals surface area contributed by atoms with Gasteiger partial charge >= 0.3 is 0 Å². The molecule has 0 saturated carbocycles. The van der Waals surface area contributed by atoms with Crippen LogP contribution in [0.15, 0.2) is 77.9 Å². The summed E-state index contributed by atoms with van der Waals surface area (Å²) in [7, 11) is 0. The lowest BCUT2D eigenvalue weighted by atomic mass is 10.3. The smallest absolute Gasteiger partial charge is 0.207 e. The number of hydrogen-bond acceptors (Lipinski definition) is 4. The van der Waals surface area contributed by atoms with Gasteiger partial charge in [0.05, 0.1) is 17.4 Å². The van der Waals surface area contributed by atoms with Crippen LogP contribution < -0.4 is 10.9 Å². The van der Waals surface area contributed by atoms with E-state index in [1.807, 2.05) is 54.6 Å². The first-order chi connectivity index (χ1) is 11.3. The number of aromatic nitrogens is 4. The Morgan fingerprint density at radius 1 is 0.913 bits per heavy atom. The highest BCUT2D eigenvalue weighted by molar-refractivity contribution is 5.75. The van der Waals surface area contributed by atoms with Gasteiger partial charge in [-0.05, 0) is 24.3 Å². The van der Waals surface area contributed by atoms with Gasteiger partial charge in [0.15, 0.2) is 0 Å². The average molecular weight is 303 g/mol. The SMILES string of the molecule is O=c1ccn(Nc2ccccc2)cc1-n1nnc2ccccc21. The lowest BCUT2D eigenvalue weighted by Gasteiger charge is -2.11. The van der Waals surface area contributed by atoms with Crippen LogP contribution in [0.25, 0.3) is 16.7 Å². The van der Waals surface area contributed by atoms with E-state index in [0.717, 1.165) is 16.7 Å². The summed E-state index contributed by atoms with van der Waals surface area (Å²) >= 11 is 0. The summed E-state index contributed by atoms with van der Waals surface area (Å²) in [6.07, 6.45) is 3.38. The lowest BCUT2D eigenvalue weighted by Crippen LogP contribution is -2.18. The summed E-state index contributed by atoms with van der Waals surface area (Å²) in [5, 5.41) is 8.19. The van der Waals surface area contributed by atoms with Crippen molar-refractivity contribution in [3.8, 4) is 5.69 Å². The van der Waals surface area contributed by atoms with Gasteiger partial charge in [0.2, 0.25) is 5.43 Å². The second-order valence-electron chi connectivity index (χ2n) is 5.07. The Hall–Kier alpha value is -3.41. The number of fused-ring (bicyclic) bond motifs is 1. The molecule has 112 valence electrons. The van der Waals surface area contributed by atoms with Crippen LogP contribution in [0.3, 0.4) is 0 Å². The molecule has 0 atom stereocenters. The zero-order chi connectivity index (χ0) is 15.6. The largest absolute Gasteiger partial charge is 0.295 e. The fourth-order valence-corrected chi connectivity index (χ4v) is 2.41. The first-order valence-corrected chi connectivity index (χ1v) is 7.16. The van der Waals surface area contributed by atoms with Crippen molar-refractivity contribution in [3.05, 3.63) is 83.3 Å². The minimum absolute atomic E-state index is 0.119. The van der Waals surface area contributed by atoms with Gasteiger partial charge in [0, 0.05) is 12.3 Å². The molecule has 2 heterocycles. The second kappa shape index (κ2) is 5.42. The maximum atomic E-state index is 12.2. The van der Waals surface area contributed by atoms with Gasteiger partial charge in [-0.2, -0.15) is 0 Å². The normalized spacial score (nSPS) is 10.8. The molecule has 4 rings (SSSR count). The number of rotatable bonds is 3. The van der Waals surface area contributed by atoms with Gasteiger partial charge in [0.1, 0.15) is 11.2 Å². The molecule has 0 aliphatic carbocycles. The van der Waals surface area contributed by atoms with E-state index < -0.39 is 0 Å². The molecule has 0 aliphatic rings. The Bertz CT molecular complexity index is 1020. The van der Waals surface area contributed by atoms with Gasteiger partial charge < -0.3 is 0 Å². The van der Waals surface area contributed by atoms with Gasteiger partial charge in [-0.15, -0.1) is 5.10 Å². The molecule has 4 aromatic rings. The van der Waals surface area contributed by atoms with Gasteiger partial charge in [-0.3, -0.25) is 14.9 Å². The predicted molar refractivity (Wildman–Crippen MR) is 88.6 cm³/mol. The van der Waals surface area contributed by atoms with E-state index in [4.69, 9.17) is 0 Å². The third kappa shape index (κ3) is 2.46. The average Bonchev–Trinajstić information content (AvgIpc) is 3.01. The standard InChI is InChI=1S/C17H13N5O/c23-17-10-11-21(19-13-6-2-1-3-7-13)12-16(17)22-15-9-5-4-8-14(15)18-20-22/h1-12,19H. The maximum Gasteiger partial charge on any atom is 0.207 e. The molecule has 0 spiro atoms. The van der Waals surface area contributed by atoms with E-state index in [1.165, 1.54) is 6.07 Å². The third-order valence-corrected chi connectivity index (χ3v) is 3.51. The number of para-hydroxylation sites is 2. The molecular weight excluding hydrogens is 290 g/mol. The van der Waals surface area contributed by atoms with Crippen molar-refractivity contribution in [3.63, 3.8) is 0 Å². The molecule has 6 heteroatoms. The molecule has 0 amide bonds. The first kappa shape index (κ1) is 13.3. The molecule has 0 aliphatic heterocycles. The molecule has 0 radical (unpaired) electrons. The third-order valence-electron chi connectivity index (χ3n) is 3.51. The van der Waals surface area contributed by atoms with Crippen molar-refractivity contribution >= 4 is 16.7 Å². The van der Waals surface area contributed by atoms with E-state index in [0.29, 0.717) is 5.69 Å². The van der Waals surface area contributed by atoms with Crippen LogP contribution in [0.5, 0.6) is 0 Å². The van der Waals surface area contributed by atoms with Crippen molar-refractivity contribution in [1.29, 1.82) is 0 Å². The first-order valence-electron chi connectivity index (χ1n) is 7.16. The Morgan fingerprint density at radius 3 is 2.57 bits per heavy atom. The quantitative estimate of drug-likeness (QED) is 0.631. The number of pyridine rings is 1. The van der Waals surface area contributed by atoms with Crippen LogP contribution >= 0.6 is 0 Å². The van der Waals surface area contributed by atoms with Crippen molar-refractivity contribution in [1.82, 2.24) is 19.7 Å². The Morgan fingerprint density at radius 2 is 1.70 bits per heavy atom. The van der Waals surface area contributed by atoms with Crippen LogP contribution in [0.4, 0.5) is 5.69 Å². The summed E-state index contributed by atoms with van der Waals surface area (Å²) in [6, 6.07) is 18.8. The van der Waals surface area contributed by atoms with E-state index >= 15 is 0 Å². The molecule has 0 saturated heterocycles. The molecule has 0 unspecified atom stereocenters. The van der Waals surface area contributed by atoms with Crippen molar-refractivity contribution < 1.29 is 0 Å². The number of anilines is 1. The van der Waals surface area contributed by atoms with Crippen LogP contribution in [0.2, 0.25) is 0 Å². The minimum atomic E-state index is -0.119. The molecule has 2 aromatic heterocycles. The van der Waals surface area contributed by atoms with Gasteiger partial charge in [-0.1, -0.05) is 35.5 Å². The number of hydrogen-bond donors (Lipinski definition) is 1. The van der Waals surface area contributed by atoms with Crippen molar-refractivity contribution in [2.24, 2.45) is 0 Å². The fraction of sp³-hybridized carbons (Fsp3) is 0. The Kier molecular flexibility index (Phi) is 3.12. The minimum Gasteiger partial charge on any atom is -0.295 e. The van der Waals surface area contributed by atoms with Crippen LogP contribution in [0.1, 0.15) is 0 Å². The van der Waals surface area contributed by atoms with Crippen LogP contribution in [-0.4, -0.2) is 19.7 Å². The summed E-state index contributed by atoms with van der Waals surface area (Å²) in [5.41, 5.74) is 5.98. The van der Waals surface area contributed by atoms with Gasteiger partial charge in [-0.25, -0.2) is 4.68 Å². The Labute approximate surface area is 131 Å². The van der Waals surface area contributed by atoms with E-state index in [-0.39, 0.29) is 5.43 Å². The summed E-state index contributed by atoms with van der Waals surface area (Å²) < 4.78 is 3.28. The van der Waals surface area contributed by atoms with Crippen LogP contribution in [-0.2, 0) is 0 Å². The fourth-order valence-electron chi connectivity index (χ4n) is 2.41. The molecule has 0 bridgehead atoms. The Balaban J connectivity index is 1.80. The highest BCUT2D eigenvalue weighted by Gasteiger charge is 2.09. The molecule has 2 aromatic carbocycles. The highest BCUT2D eigenvalue weighted by atomic mass is 16.1. The maximum absolute atomic E-state index is 12.2. The predicted octanol–water partition coefficient (Wildman–Crippen LogP) is 2.46. The van der Waals surface area contributed by atoms with E-state index in [1.54, 1.807) is 21.8 Å². The van der Waals surface area contributed by atoms with Crippen molar-refractivity contribution in [2.45, 2.75) is 0 Å².